The molecule has 38 heavy (non-hydrogen) atoms. The molecule has 0 saturated carbocycles. The molecule has 6 heteroatoms. The van der Waals surface area contributed by atoms with Crippen LogP contribution < -0.4 is 0 Å². The molecule has 3 aromatic carbocycles. The summed E-state index contributed by atoms with van der Waals surface area (Å²) in [5, 5.41) is 8.38. The third kappa shape index (κ3) is 4.65. The number of amidine groups is 1. The summed E-state index contributed by atoms with van der Waals surface area (Å²) in [5.41, 5.74) is 11.2. The third-order valence-electron chi connectivity index (χ3n) is 7.05. The van der Waals surface area contributed by atoms with Gasteiger partial charge in [-0.1, -0.05) is 79.7 Å². The maximum atomic E-state index is 4.90. The number of fused-ring (bicyclic) bond motifs is 1. The molecule has 0 unspecified atom stereocenters. The summed E-state index contributed by atoms with van der Waals surface area (Å²) in [6, 6.07) is 28.0. The van der Waals surface area contributed by atoms with Crippen molar-refractivity contribution in [3.63, 3.8) is 0 Å². The Labute approximate surface area is 222 Å². The van der Waals surface area contributed by atoms with E-state index in [0.717, 1.165) is 58.8 Å². The van der Waals surface area contributed by atoms with E-state index >= 15 is 0 Å². The Hall–Kier alpha value is -4.45. The lowest BCUT2D eigenvalue weighted by molar-refractivity contribution is 0.745. The highest BCUT2D eigenvalue weighted by Gasteiger charge is 2.16. The zero-order valence-corrected chi connectivity index (χ0v) is 22.0. The van der Waals surface area contributed by atoms with Crippen LogP contribution in [0.5, 0.6) is 0 Å². The van der Waals surface area contributed by atoms with Crippen LogP contribution in [0.1, 0.15) is 46.3 Å². The molecule has 0 bridgehead atoms. The van der Waals surface area contributed by atoms with Crippen LogP contribution in [0.3, 0.4) is 0 Å². The van der Waals surface area contributed by atoms with Crippen LogP contribution >= 0.6 is 0 Å². The molecular formula is C32H30N6. The van der Waals surface area contributed by atoms with Crippen molar-refractivity contribution in [1.82, 2.24) is 14.5 Å². The Morgan fingerprint density at radius 2 is 1.58 bits per heavy atom. The van der Waals surface area contributed by atoms with E-state index in [2.05, 4.69) is 112 Å². The fourth-order valence-electron chi connectivity index (χ4n) is 5.19. The van der Waals surface area contributed by atoms with Gasteiger partial charge >= 0.3 is 0 Å². The van der Waals surface area contributed by atoms with Crippen LogP contribution in [0.15, 0.2) is 94.1 Å². The molecule has 2 aromatic heterocycles. The molecule has 6 nitrogen and oxygen atoms in total. The normalized spacial score (nSPS) is 12.9. The second-order valence-corrected chi connectivity index (χ2v) is 9.82. The number of imidazole rings is 1. The number of rotatable bonds is 7. The van der Waals surface area contributed by atoms with Crippen LogP contribution in [-0.4, -0.2) is 27.0 Å². The average Bonchev–Trinajstić information content (AvgIpc) is 3.59. The zero-order valence-electron chi connectivity index (χ0n) is 22.0. The number of nitrogens with zero attached hydrogens (tertiary/aromatic N) is 6. The van der Waals surface area contributed by atoms with E-state index in [1.165, 1.54) is 22.3 Å². The number of aliphatic imine (C=N–C) groups is 1. The molecule has 0 amide bonds. The largest absolute Gasteiger partial charge is 0.308 e. The topological polar surface area (TPSA) is 67.8 Å². The van der Waals surface area contributed by atoms with Gasteiger partial charge in [-0.3, -0.25) is 0 Å². The Morgan fingerprint density at radius 3 is 2.32 bits per heavy atom. The number of aryl methyl sites for hydroxylation is 3. The molecule has 3 heterocycles. The first-order chi connectivity index (χ1) is 18.6. The van der Waals surface area contributed by atoms with Gasteiger partial charge in [-0.2, -0.15) is 5.11 Å². The summed E-state index contributed by atoms with van der Waals surface area (Å²) in [6.45, 7) is 7.43. The van der Waals surface area contributed by atoms with Gasteiger partial charge < -0.3 is 4.57 Å². The van der Waals surface area contributed by atoms with Crippen LogP contribution in [-0.2, 0) is 19.4 Å². The summed E-state index contributed by atoms with van der Waals surface area (Å²) >= 11 is 0. The molecule has 188 valence electrons. The first-order valence-corrected chi connectivity index (χ1v) is 13.1. The van der Waals surface area contributed by atoms with E-state index < -0.39 is 0 Å². The van der Waals surface area contributed by atoms with E-state index in [4.69, 9.17) is 9.97 Å². The minimum atomic E-state index is 0.394. The Morgan fingerprint density at radius 1 is 0.789 bits per heavy atom. The summed E-state index contributed by atoms with van der Waals surface area (Å²) in [5.74, 6) is 1.76. The molecule has 6 rings (SSSR count). The average molecular weight is 499 g/mol. The van der Waals surface area contributed by atoms with Crippen LogP contribution in [0.4, 0.5) is 0 Å². The van der Waals surface area contributed by atoms with Gasteiger partial charge in [0.05, 0.1) is 6.54 Å². The van der Waals surface area contributed by atoms with E-state index in [1.807, 2.05) is 6.92 Å². The highest BCUT2D eigenvalue weighted by Crippen LogP contribution is 2.29. The zero-order chi connectivity index (χ0) is 26.1. The van der Waals surface area contributed by atoms with E-state index in [0.29, 0.717) is 12.5 Å². The maximum absolute atomic E-state index is 4.90. The third-order valence-corrected chi connectivity index (χ3v) is 7.05. The van der Waals surface area contributed by atoms with Crippen LogP contribution in [0, 0.1) is 13.8 Å². The van der Waals surface area contributed by atoms with Gasteiger partial charge in [-0.15, -0.1) is 5.11 Å². The number of pyridine rings is 1. The van der Waals surface area contributed by atoms with Crippen molar-refractivity contribution in [3.8, 4) is 11.1 Å². The Kier molecular flexibility index (Phi) is 6.38. The standard InChI is InChI=1S/C32H30N6/c1-4-29-36-30-21(2)16-22(3)35-32(30)38(29)19-24-10-13-26(14-11-24)28-18-25(17-23-8-6-5-7-9-23)12-15-27(28)31-33-20-34-37-31/h5-16,18H,4,17,19-20H2,1-3H3. The van der Waals surface area contributed by atoms with Crippen molar-refractivity contribution in [2.24, 2.45) is 15.2 Å². The first kappa shape index (κ1) is 23.9. The molecular weight excluding hydrogens is 468 g/mol. The molecule has 0 atom stereocenters. The van der Waals surface area contributed by atoms with Gasteiger partial charge in [0.2, 0.25) is 0 Å². The highest BCUT2D eigenvalue weighted by atomic mass is 15.2. The number of aromatic nitrogens is 3. The van der Waals surface area contributed by atoms with Gasteiger partial charge in [0, 0.05) is 17.7 Å². The number of hydrogen-bond donors (Lipinski definition) is 0. The van der Waals surface area contributed by atoms with Crippen molar-refractivity contribution >= 4 is 17.0 Å². The van der Waals surface area contributed by atoms with Crippen LogP contribution in [0.2, 0.25) is 0 Å². The Bertz CT molecular complexity index is 1680. The van der Waals surface area contributed by atoms with E-state index in [-0.39, 0.29) is 0 Å². The summed E-state index contributed by atoms with van der Waals surface area (Å²) < 4.78 is 2.25. The second-order valence-electron chi connectivity index (χ2n) is 9.82. The summed E-state index contributed by atoms with van der Waals surface area (Å²) in [6.07, 6.45) is 1.74. The Balaban J connectivity index is 1.35. The quantitative estimate of drug-likeness (QED) is 0.240. The lowest BCUT2D eigenvalue weighted by atomic mass is 9.93. The monoisotopic (exact) mass is 498 g/mol. The lowest BCUT2D eigenvalue weighted by Crippen LogP contribution is -2.06. The predicted molar refractivity (Wildman–Crippen MR) is 153 cm³/mol. The number of hydrogen-bond acceptors (Lipinski definition) is 5. The van der Waals surface area contributed by atoms with Crippen molar-refractivity contribution in [2.75, 3.05) is 6.67 Å². The maximum Gasteiger partial charge on any atom is 0.179 e. The van der Waals surface area contributed by atoms with E-state index in [1.54, 1.807) is 0 Å². The SMILES string of the molecule is CCc1nc2c(C)cc(C)nc2n1Cc1ccc(-c2cc(Cc3ccccc3)ccc2C2=NCN=N2)cc1. The van der Waals surface area contributed by atoms with Crippen molar-refractivity contribution < 1.29 is 0 Å². The lowest BCUT2D eigenvalue weighted by Gasteiger charge is -2.13. The minimum absolute atomic E-state index is 0.394. The molecule has 0 N–H and O–H groups in total. The van der Waals surface area contributed by atoms with Crippen molar-refractivity contribution in [2.45, 2.75) is 40.2 Å². The predicted octanol–water partition coefficient (Wildman–Crippen LogP) is 7.09. The molecule has 0 aliphatic carbocycles. The number of azo groups is 1. The van der Waals surface area contributed by atoms with Gasteiger partial charge in [-0.05, 0) is 59.7 Å². The summed E-state index contributed by atoms with van der Waals surface area (Å²) in [7, 11) is 0. The molecule has 0 radical (unpaired) electrons. The van der Waals surface area contributed by atoms with Gasteiger partial charge in [0.15, 0.2) is 18.2 Å². The minimum Gasteiger partial charge on any atom is -0.308 e. The molecule has 0 spiro atoms. The van der Waals surface area contributed by atoms with Gasteiger partial charge in [0.25, 0.3) is 0 Å². The van der Waals surface area contributed by atoms with E-state index in [9.17, 15) is 0 Å². The highest BCUT2D eigenvalue weighted by molar-refractivity contribution is 6.05. The van der Waals surface area contributed by atoms with Crippen molar-refractivity contribution in [3.05, 3.63) is 118 Å². The first-order valence-electron chi connectivity index (χ1n) is 13.1. The molecule has 0 fully saturated rings. The molecule has 0 saturated heterocycles. The summed E-state index contributed by atoms with van der Waals surface area (Å²) in [4.78, 5) is 14.2. The second kappa shape index (κ2) is 10.1. The number of benzene rings is 3. The fourth-order valence-corrected chi connectivity index (χ4v) is 5.19. The van der Waals surface area contributed by atoms with Crippen LogP contribution in [0.25, 0.3) is 22.3 Å². The molecule has 5 aromatic rings. The smallest absolute Gasteiger partial charge is 0.179 e. The molecule has 1 aliphatic heterocycles. The molecule has 1 aliphatic rings. The fraction of sp³-hybridized carbons (Fsp3) is 0.219. The van der Waals surface area contributed by atoms with Gasteiger partial charge in [-0.25, -0.2) is 15.0 Å². The van der Waals surface area contributed by atoms with Crippen molar-refractivity contribution in [1.29, 1.82) is 0 Å². The van der Waals surface area contributed by atoms with Gasteiger partial charge in [0.1, 0.15) is 11.3 Å².